The summed E-state index contributed by atoms with van der Waals surface area (Å²) >= 11 is 0. The van der Waals surface area contributed by atoms with Crippen molar-refractivity contribution in [2.75, 3.05) is 26.7 Å². The van der Waals surface area contributed by atoms with Crippen LogP contribution >= 0.6 is 0 Å². The van der Waals surface area contributed by atoms with Crippen LogP contribution in [0.25, 0.3) is 0 Å². The molecule has 0 radical (unpaired) electrons. The fourth-order valence-electron chi connectivity index (χ4n) is 1.70. The maximum Gasteiger partial charge on any atom is 0.0105 e. The third-order valence-corrected chi connectivity index (χ3v) is 2.67. The molecule has 1 fully saturated rings. The lowest BCUT2D eigenvalue weighted by atomic mass is 10.1. The molecule has 1 saturated heterocycles. The van der Waals surface area contributed by atoms with Crippen molar-refractivity contribution in [3.63, 3.8) is 0 Å². The fraction of sp³-hybridized carbons (Fsp3) is 1.00. The molecule has 66 valence electrons. The van der Waals surface area contributed by atoms with Gasteiger partial charge in [-0.2, -0.15) is 0 Å². The van der Waals surface area contributed by atoms with E-state index in [1.807, 2.05) is 0 Å². The van der Waals surface area contributed by atoms with Gasteiger partial charge >= 0.3 is 0 Å². The largest absolute Gasteiger partial charge is 0.317 e. The maximum absolute atomic E-state index is 3.43. The van der Waals surface area contributed by atoms with Gasteiger partial charge in [0.25, 0.3) is 0 Å². The first-order valence-corrected chi connectivity index (χ1v) is 4.75. The van der Waals surface area contributed by atoms with Crippen molar-refractivity contribution in [2.24, 2.45) is 0 Å². The van der Waals surface area contributed by atoms with Crippen molar-refractivity contribution in [1.82, 2.24) is 10.2 Å². The van der Waals surface area contributed by atoms with Crippen molar-refractivity contribution in [3.8, 4) is 0 Å². The highest BCUT2D eigenvalue weighted by Gasteiger charge is 2.14. The minimum atomic E-state index is 0.829. The third-order valence-electron chi connectivity index (χ3n) is 2.67. The highest BCUT2D eigenvalue weighted by atomic mass is 15.1. The molecule has 0 amide bonds. The Morgan fingerprint density at radius 3 is 2.91 bits per heavy atom. The minimum absolute atomic E-state index is 0.829. The average molecular weight is 156 g/mol. The SMILES string of the molecule is CCN(C)C1CCCNCC1. The van der Waals surface area contributed by atoms with Crippen molar-refractivity contribution in [1.29, 1.82) is 0 Å². The van der Waals surface area contributed by atoms with Crippen LogP contribution in [-0.4, -0.2) is 37.6 Å². The first-order chi connectivity index (χ1) is 5.34. The van der Waals surface area contributed by atoms with Crippen LogP contribution < -0.4 is 5.32 Å². The summed E-state index contributed by atoms with van der Waals surface area (Å²) in [6.45, 7) is 5.84. The van der Waals surface area contributed by atoms with E-state index in [0.717, 1.165) is 6.04 Å². The van der Waals surface area contributed by atoms with Gasteiger partial charge < -0.3 is 10.2 Å². The molecule has 2 nitrogen and oxygen atoms in total. The second-order valence-corrected chi connectivity index (χ2v) is 3.41. The monoisotopic (exact) mass is 156 g/mol. The Morgan fingerprint density at radius 1 is 1.36 bits per heavy atom. The smallest absolute Gasteiger partial charge is 0.0105 e. The Morgan fingerprint density at radius 2 is 2.18 bits per heavy atom. The molecule has 0 aromatic rings. The first kappa shape index (κ1) is 9.01. The Hall–Kier alpha value is -0.0800. The maximum atomic E-state index is 3.43. The van der Waals surface area contributed by atoms with E-state index in [2.05, 4.69) is 24.2 Å². The van der Waals surface area contributed by atoms with Crippen molar-refractivity contribution in [3.05, 3.63) is 0 Å². The number of rotatable bonds is 2. The zero-order valence-corrected chi connectivity index (χ0v) is 7.77. The van der Waals surface area contributed by atoms with Gasteiger partial charge in [-0.15, -0.1) is 0 Å². The minimum Gasteiger partial charge on any atom is -0.317 e. The molecular formula is C9H20N2. The number of hydrogen-bond acceptors (Lipinski definition) is 2. The summed E-state index contributed by atoms with van der Waals surface area (Å²) in [6.07, 6.45) is 4.04. The molecule has 0 saturated carbocycles. The summed E-state index contributed by atoms with van der Waals surface area (Å²) < 4.78 is 0. The van der Waals surface area contributed by atoms with E-state index in [1.54, 1.807) is 0 Å². The van der Waals surface area contributed by atoms with E-state index >= 15 is 0 Å². The average Bonchev–Trinajstić information content (AvgIpc) is 2.30. The molecule has 11 heavy (non-hydrogen) atoms. The quantitative estimate of drug-likeness (QED) is 0.643. The summed E-state index contributed by atoms with van der Waals surface area (Å²) in [5.74, 6) is 0. The molecule has 2 heteroatoms. The van der Waals surface area contributed by atoms with E-state index in [9.17, 15) is 0 Å². The lowest BCUT2D eigenvalue weighted by Crippen LogP contribution is -2.32. The van der Waals surface area contributed by atoms with Crippen molar-refractivity contribution < 1.29 is 0 Å². The molecular weight excluding hydrogens is 136 g/mol. The van der Waals surface area contributed by atoms with Gasteiger partial charge in [-0.1, -0.05) is 6.92 Å². The molecule has 0 spiro atoms. The van der Waals surface area contributed by atoms with E-state index < -0.39 is 0 Å². The molecule has 0 bridgehead atoms. The summed E-state index contributed by atoms with van der Waals surface area (Å²) in [5, 5.41) is 3.43. The van der Waals surface area contributed by atoms with Crippen LogP contribution in [-0.2, 0) is 0 Å². The van der Waals surface area contributed by atoms with Crippen LogP contribution in [0.3, 0.4) is 0 Å². The topological polar surface area (TPSA) is 15.3 Å². The molecule has 1 rings (SSSR count). The van der Waals surface area contributed by atoms with E-state index in [1.165, 1.54) is 38.9 Å². The Kier molecular flexibility index (Phi) is 3.87. The Labute approximate surface area is 70.0 Å². The summed E-state index contributed by atoms with van der Waals surface area (Å²) in [6, 6.07) is 0.829. The normalized spacial score (nSPS) is 27.0. The van der Waals surface area contributed by atoms with Gasteiger partial charge in [0, 0.05) is 6.04 Å². The van der Waals surface area contributed by atoms with Gasteiger partial charge in [-0.05, 0) is 45.9 Å². The highest BCUT2D eigenvalue weighted by molar-refractivity contribution is 4.72. The van der Waals surface area contributed by atoms with Crippen LogP contribution in [0, 0.1) is 0 Å². The molecule has 0 aromatic heterocycles. The molecule has 0 aliphatic carbocycles. The molecule has 1 heterocycles. The molecule has 0 aromatic carbocycles. The van der Waals surface area contributed by atoms with Gasteiger partial charge in [0.1, 0.15) is 0 Å². The lowest BCUT2D eigenvalue weighted by Gasteiger charge is -2.24. The van der Waals surface area contributed by atoms with Gasteiger partial charge in [0.15, 0.2) is 0 Å². The first-order valence-electron chi connectivity index (χ1n) is 4.75. The lowest BCUT2D eigenvalue weighted by molar-refractivity contribution is 0.236. The summed E-state index contributed by atoms with van der Waals surface area (Å²) in [5.41, 5.74) is 0. The second-order valence-electron chi connectivity index (χ2n) is 3.41. The predicted molar refractivity (Wildman–Crippen MR) is 48.8 cm³/mol. The van der Waals surface area contributed by atoms with Gasteiger partial charge in [-0.25, -0.2) is 0 Å². The van der Waals surface area contributed by atoms with Crippen LogP contribution in [0.2, 0.25) is 0 Å². The second kappa shape index (κ2) is 4.73. The summed E-state index contributed by atoms with van der Waals surface area (Å²) in [4.78, 5) is 2.47. The Balaban J connectivity index is 2.30. The van der Waals surface area contributed by atoms with Crippen LogP contribution in [0.15, 0.2) is 0 Å². The van der Waals surface area contributed by atoms with Crippen molar-refractivity contribution in [2.45, 2.75) is 32.2 Å². The molecule has 1 N–H and O–H groups in total. The van der Waals surface area contributed by atoms with Crippen LogP contribution in [0.4, 0.5) is 0 Å². The number of nitrogens with one attached hydrogen (secondary N) is 1. The number of hydrogen-bond donors (Lipinski definition) is 1. The van der Waals surface area contributed by atoms with Gasteiger partial charge in [0.2, 0.25) is 0 Å². The molecule has 1 unspecified atom stereocenters. The van der Waals surface area contributed by atoms with Crippen molar-refractivity contribution >= 4 is 0 Å². The Bertz CT molecular complexity index is 95.7. The van der Waals surface area contributed by atoms with E-state index in [0.29, 0.717) is 0 Å². The summed E-state index contributed by atoms with van der Waals surface area (Å²) in [7, 11) is 2.23. The van der Waals surface area contributed by atoms with Gasteiger partial charge in [0.05, 0.1) is 0 Å². The predicted octanol–water partition coefficient (Wildman–Crippen LogP) is 1.08. The molecule has 1 aliphatic heterocycles. The molecule has 1 atom stereocenters. The third kappa shape index (κ3) is 2.80. The fourth-order valence-corrected chi connectivity index (χ4v) is 1.70. The van der Waals surface area contributed by atoms with E-state index in [4.69, 9.17) is 0 Å². The number of nitrogens with zero attached hydrogens (tertiary/aromatic N) is 1. The van der Waals surface area contributed by atoms with Gasteiger partial charge in [-0.3, -0.25) is 0 Å². The standard InChI is InChI=1S/C9H20N2/c1-3-11(2)9-5-4-7-10-8-6-9/h9-10H,3-8H2,1-2H3. The van der Waals surface area contributed by atoms with Crippen LogP contribution in [0.1, 0.15) is 26.2 Å². The zero-order chi connectivity index (χ0) is 8.10. The van der Waals surface area contributed by atoms with Crippen LogP contribution in [0.5, 0.6) is 0 Å². The van der Waals surface area contributed by atoms with E-state index in [-0.39, 0.29) is 0 Å². The zero-order valence-electron chi connectivity index (χ0n) is 7.77. The molecule has 1 aliphatic rings. The highest BCUT2D eigenvalue weighted by Crippen LogP contribution is 2.10.